The molecule has 0 radical (unpaired) electrons. The Morgan fingerprint density at radius 3 is 1.79 bits per heavy atom. The van der Waals surface area contributed by atoms with Crippen LogP contribution in [0.5, 0.6) is 0 Å². The lowest BCUT2D eigenvalue weighted by Gasteiger charge is -2.27. The van der Waals surface area contributed by atoms with E-state index in [1.54, 1.807) is 66.7 Å². The fraction of sp³-hybridized carbons (Fsp3) is 0.235. The van der Waals surface area contributed by atoms with Gasteiger partial charge >= 0.3 is 0 Å². The molecule has 2 aliphatic heterocycles. The minimum absolute atomic E-state index is 0.0198. The first kappa shape index (κ1) is 45.7. The van der Waals surface area contributed by atoms with Crippen molar-refractivity contribution in [2.45, 2.75) is 44.9 Å². The number of carbonyl (C=O) groups is 2. The molecule has 0 saturated carbocycles. The average Bonchev–Trinajstić information content (AvgIpc) is 3.34. The smallest absolute Gasteiger partial charge is 0.258 e. The number of halogens is 1. The van der Waals surface area contributed by atoms with Crippen LogP contribution in [0, 0.1) is 35.4 Å². The minimum Gasteiger partial charge on any atom is -0.378 e. The molecule has 2 N–H and O–H groups in total. The molecule has 0 atom stereocenters. The molecule has 0 aliphatic carbocycles. The zero-order valence-electron chi connectivity index (χ0n) is 35.7. The van der Waals surface area contributed by atoms with E-state index in [1.807, 2.05) is 93.6 Å². The molecule has 2 fully saturated rings. The molecular formula is C51H50FN7O3S. The molecule has 2 saturated heterocycles. The van der Waals surface area contributed by atoms with Crippen molar-refractivity contribution in [2.75, 3.05) is 54.9 Å². The third-order valence-corrected chi connectivity index (χ3v) is 11.6. The highest BCUT2D eigenvalue weighted by Crippen LogP contribution is 2.30. The van der Waals surface area contributed by atoms with Gasteiger partial charge < -0.3 is 20.3 Å². The normalized spacial score (nSPS) is 13.5. The van der Waals surface area contributed by atoms with E-state index in [0.29, 0.717) is 52.4 Å². The molecule has 0 bridgehead atoms. The third-order valence-electron chi connectivity index (χ3n) is 10.5. The summed E-state index contributed by atoms with van der Waals surface area (Å²) in [4.78, 5) is 33.4. The Bertz CT molecular complexity index is 2540. The lowest BCUT2D eigenvalue weighted by molar-refractivity contribution is 0.101. The van der Waals surface area contributed by atoms with Crippen LogP contribution in [0.1, 0.15) is 70.5 Å². The minimum atomic E-state index is -0.581. The topological polar surface area (TPSA) is 134 Å². The zero-order valence-corrected chi connectivity index (χ0v) is 36.6. The SMILES string of the molecule is CC.Cc1c(C(=O)Nc2ccc(N3CCOCC3)nc2)cccc1-c1ccc(C#N)cc1.N#Cc1ccc(-c2cccc(C(=O)Nc3ccc(SN4CCCCC4)cc3)c2F)cc1. The van der Waals surface area contributed by atoms with Gasteiger partial charge in [-0.15, -0.1) is 0 Å². The van der Waals surface area contributed by atoms with Crippen LogP contribution in [0.15, 0.2) is 132 Å². The average molecular weight is 860 g/mol. The van der Waals surface area contributed by atoms with Gasteiger partial charge in [0.15, 0.2) is 0 Å². The van der Waals surface area contributed by atoms with E-state index in [1.165, 1.54) is 25.3 Å². The van der Waals surface area contributed by atoms with Crippen LogP contribution in [0.3, 0.4) is 0 Å². The van der Waals surface area contributed by atoms with E-state index in [0.717, 1.165) is 53.6 Å². The van der Waals surface area contributed by atoms with Crippen molar-refractivity contribution in [2.24, 2.45) is 0 Å². The van der Waals surface area contributed by atoms with Crippen molar-refractivity contribution in [3.63, 3.8) is 0 Å². The summed E-state index contributed by atoms with van der Waals surface area (Å²) in [6.45, 7) is 11.2. The van der Waals surface area contributed by atoms with E-state index in [-0.39, 0.29) is 11.5 Å². The molecule has 0 spiro atoms. The number of rotatable bonds is 9. The van der Waals surface area contributed by atoms with E-state index >= 15 is 4.39 Å². The molecule has 5 aromatic carbocycles. The fourth-order valence-electron chi connectivity index (χ4n) is 7.11. The number of nitriles is 2. The third kappa shape index (κ3) is 12.2. The van der Waals surface area contributed by atoms with Crippen molar-refractivity contribution < 1.29 is 18.7 Å². The quantitative estimate of drug-likeness (QED) is 0.136. The van der Waals surface area contributed by atoms with Gasteiger partial charge in [-0.25, -0.2) is 13.7 Å². The number of piperidine rings is 1. The van der Waals surface area contributed by atoms with Crippen molar-refractivity contribution in [1.29, 1.82) is 10.5 Å². The van der Waals surface area contributed by atoms with Crippen LogP contribution in [-0.4, -0.2) is 60.5 Å². The lowest BCUT2D eigenvalue weighted by atomic mass is 9.95. The number of hydrogen-bond acceptors (Lipinski definition) is 9. The van der Waals surface area contributed by atoms with Gasteiger partial charge in [-0.1, -0.05) is 68.8 Å². The number of ether oxygens (including phenoxy) is 1. The fourth-order valence-corrected chi connectivity index (χ4v) is 8.11. The van der Waals surface area contributed by atoms with E-state index in [9.17, 15) is 9.59 Å². The van der Waals surface area contributed by atoms with Gasteiger partial charge in [-0.2, -0.15) is 10.5 Å². The molecule has 0 unspecified atom stereocenters. The van der Waals surface area contributed by atoms with Gasteiger partial charge in [0, 0.05) is 47.9 Å². The summed E-state index contributed by atoms with van der Waals surface area (Å²) in [5, 5.41) is 23.6. The predicted octanol–water partition coefficient (Wildman–Crippen LogP) is 11.2. The maximum absolute atomic E-state index is 15.1. The number of aromatic nitrogens is 1. The highest BCUT2D eigenvalue weighted by molar-refractivity contribution is 7.97. The second-order valence-corrected chi connectivity index (χ2v) is 15.7. The van der Waals surface area contributed by atoms with Crippen molar-refractivity contribution in [3.05, 3.63) is 161 Å². The van der Waals surface area contributed by atoms with Crippen molar-refractivity contribution in [1.82, 2.24) is 9.29 Å². The molecule has 320 valence electrons. The first-order valence-corrected chi connectivity index (χ1v) is 21.9. The van der Waals surface area contributed by atoms with Crippen LogP contribution in [0.2, 0.25) is 0 Å². The second kappa shape index (κ2) is 22.9. The molecule has 2 aliphatic rings. The Kier molecular flexibility index (Phi) is 16.6. The number of nitrogens with zero attached hydrogens (tertiary/aromatic N) is 5. The number of nitrogens with one attached hydrogen (secondary N) is 2. The van der Waals surface area contributed by atoms with E-state index in [2.05, 4.69) is 30.9 Å². The summed E-state index contributed by atoms with van der Waals surface area (Å²) in [5.74, 6) is -0.370. The van der Waals surface area contributed by atoms with Gasteiger partial charge in [0.05, 0.1) is 53.9 Å². The summed E-state index contributed by atoms with van der Waals surface area (Å²) < 4.78 is 22.8. The summed E-state index contributed by atoms with van der Waals surface area (Å²) in [7, 11) is 0. The molecule has 3 heterocycles. The summed E-state index contributed by atoms with van der Waals surface area (Å²) >= 11 is 1.73. The maximum Gasteiger partial charge on any atom is 0.258 e. The second-order valence-electron chi connectivity index (χ2n) is 14.5. The molecule has 10 nitrogen and oxygen atoms in total. The molecule has 8 rings (SSSR count). The van der Waals surface area contributed by atoms with Crippen LogP contribution < -0.4 is 15.5 Å². The number of anilines is 3. The Hall–Kier alpha value is -6.83. The summed E-state index contributed by atoms with van der Waals surface area (Å²) in [6, 6.07) is 40.0. The largest absolute Gasteiger partial charge is 0.378 e. The number of benzene rings is 5. The van der Waals surface area contributed by atoms with Gasteiger partial charge in [0.2, 0.25) is 0 Å². The number of morpholine rings is 1. The Balaban J connectivity index is 0.000000202. The lowest BCUT2D eigenvalue weighted by Crippen LogP contribution is -2.36. The monoisotopic (exact) mass is 859 g/mol. The molecular weight excluding hydrogens is 810 g/mol. The molecule has 6 aromatic rings. The molecule has 1 aromatic heterocycles. The standard InChI is InChI=1S/C25H22FN3OS.C24H22N4O2.C2H6/c26-24-22(19-9-7-18(17-27)8-10-19)5-4-6-23(24)25(30)28-20-11-13-21(14-12-20)31-29-15-2-1-3-16-29;1-17-21(19-7-5-18(15-25)6-8-19)3-2-4-22(17)24(29)27-20-9-10-23(26-16-20)28-11-13-30-14-12-28;1-2/h4-14H,1-3,15-16H2,(H,28,30);2-10,16H,11-14H2,1H3,(H,27,29);1-2H3. The number of pyridine rings is 1. The van der Waals surface area contributed by atoms with Gasteiger partial charge in [0.25, 0.3) is 11.8 Å². The number of carbonyl (C=O) groups excluding carboxylic acids is 2. The van der Waals surface area contributed by atoms with Crippen LogP contribution >= 0.6 is 11.9 Å². The Morgan fingerprint density at radius 1 is 0.667 bits per heavy atom. The van der Waals surface area contributed by atoms with Crippen LogP contribution in [0.4, 0.5) is 21.6 Å². The predicted molar refractivity (Wildman–Crippen MR) is 250 cm³/mol. The van der Waals surface area contributed by atoms with Crippen molar-refractivity contribution >= 4 is 41.0 Å². The Morgan fingerprint density at radius 2 is 1.21 bits per heavy atom. The van der Waals surface area contributed by atoms with Gasteiger partial charge in [-0.3, -0.25) is 9.59 Å². The first-order chi connectivity index (χ1) is 30.8. The molecule has 63 heavy (non-hydrogen) atoms. The highest BCUT2D eigenvalue weighted by Gasteiger charge is 2.18. The van der Waals surface area contributed by atoms with Gasteiger partial charge in [0.1, 0.15) is 11.6 Å². The van der Waals surface area contributed by atoms with E-state index < -0.39 is 11.7 Å². The van der Waals surface area contributed by atoms with Crippen LogP contribution in [0.25, 0.3) is 22.3 Å². The van der Waals surface area contributed by atoms with Crippen molar-refractivity contribution in [3.8, 4) is 34.4 Å². The summed E-state index contributed by atoms with van der Waals surface area (Å²) in [6.07, 6.45) is 5.44. The Labute approximate surface area is 373 Å². The molecule has 2 amide bonds. The number of hydrogen-bond donors (Lipinski definition) is 2. The first-order valence-electron chi connectivity index (χ1n) is 21.1. The van der Waals surface area contributed by atoms with E-state index in [4.69, 9.17) is 15.3 Å². The zero-order chi connectivity index (χ0) is 44.6. The molecule has 12 heteroatoms. The van der Waals surface area contributed by atoms with Crippen LogP contribution in [-0.2, 0) is 4.74 Å². The highest BCUT2D eigenvalue weighted by atomic mass is 32.2. The maximum atomic E-state index is 15.1. The summed E-state index contributed by atoms with van der Waals surface area (Å²) in [5.41, 5.74) is 6.73. The van der Waals surface area contributed by atoms with Gasteiger partial charge in [-0.05, 0) is 127 Å². The number of amides is 2.